The topological polar surface area (TPSA) is 95.8 Å². The molecule has 7 nitrogen and oxygen atoms in total. The highest BCUT2D eigenvalue weighted by Gasteiger charge is 2.03. The molecular weight excluding hydrogens is 270 g/mol. The summed E-state index contributed by atoms with van der Waals surface area (Å²) in [5.41, 5.74) is 4.14. The van der Waals surface area contributed by atoms with E-state index in [4.69, 9.17) is 5.21 Å². The summed E-state index contributed by atoms with van der Waals surface area (Å²) in [6.45, 7) is 0.557. The molecule has 0 unspecified atom stereocenters. The van der Waals surface area contributed by atoms with E-state index in [0.717, 1.165) is 16.6 Å². The van der Waals surface area contributed by atoms with Gasteiger partial charge in [-0.3, -0.25) is 10.0 Å². The maximum atomic E-state index is 10.9. The molecule has 21 heavy (non-hydrogen) atoms. The predicted molar refractivity (Wildman–Crippen MR) is 76.4 cm³/mol. The van der Waals surface area contributed by atoms with Crippen molar-refractivity contribution in [2.24, 2.45) is 0 Å². The van der Waals surface area contributed by atoms with Gasteiger partial charge in [0.25, 0.3) is 5.91 Å². The predicted octanol–water partition coefficient (Wildman–Crippen LogP) is 1.33. The molecule has 0 atom stereocenters. The molecule has 1 amide bonds. The lowest BCUT2D eigenvalue weighted by Crippen LogP contribution is -2.14. The molecule has 0 bridgehead atoms. The number of benzene rings is 1. The fraction of sp³-hybridized carbons (Fsp3) is 0.0714. The molecule has 3 N–H and O–H groups in total. The van der Waals surface area contributed by atoms with Crippen LogP contribution in [-0.4, -0.2) is 31.1 Å². The fourth-order valence-corrected chi connectivity index (χ4v) is 2.06. The maximum Gasteiger partial charge on any atom is 0.267 e. The monoisotopic (exact) mass is 283 g/mol. The minimum atomic E-state index is -0.611. The molecule has 2 aromatic heterocycles. The molecular formula is C14H13N5O2. The van der Waals surface area contributed by atoms with Crippen LogP contribution >= 0.6 is 0 Å². The van der Waals surface area contributed by atoms with E-state index in [1.165, 1.54) is 17.6 Å². The third-order valence-corrected chi connectivity index (χ3v) is 2.99. The Bertz CT molecular complexity index is 769. The van der Waals surface area contributed by atoms with Gasteiger partial charge in [0.2, 0.25) is 0 Å². The van der Waals surface area contributed by atoms with Crippen LogP contribution in [-0.2, 0) is 11.3 Å². The van der Waals surface area contributed by atoms with Crippen molar-refractivity contribution in [3.63, 3.8) is 0 Å². The van der Waals surface area contributed by atoms with Crippen LogP contribution in [0.15, 0.2) is 42.6 Å². The number of nitrogens with one attached hydrogen (secondary N) is 2. The zero-order chi connectivity index (χ0) is 14.7. The molecule has 0 fully saturated rings. The average molecular weight is 283 g/mol. The number of carbonyl (C=O) groups is 1. The minimum absolute atomic E-state index is 0.537. The molecule has 0 radical (unpaired) electrons. The summed E-state index contributed by atoms with van der Waals surface area (Å²) >= 11 is 0. The Kier molecular flexibility index (Phi) is 3.48. The van der Waals surface area contributed by atoms with Crippen LogP contribution in [0.25, 0.3) is 17.0 Å². The Morgan fingerprint density at radius 1 is 1.43 bits per heavy atom. The van der Waals surface area contributed by atoms with Crippen LogP contribution in [0.2, 0.25) is 0 Å². The second-order valence-corrected chi connectivity index (χ2v) is 4.53. The van der Waals surface area contributed by atoms with E-state index < -0.39 is 5.91 Å². The number of aromatic amines is 1. The Hall–Kier alpha value is -2.93. The Morgan fingerprint density at radius 2 is 2.29 bits per heavy atom. The summed E-state index contributed by atoms with van der Waals surface area (Å²) in [5.74, 6) is -0.611. The van der Waals surface area contributed by atoms with Crippen LogP contribution in [0.4, 0.5) is 0 Å². The van der Waals surface area contributed by atoms with Crippen molar-refractivity contribution in [2.75, 3.05) is 0 Å². The number of aromatic nitrogens is 4. The van der Waals surface area contributed by atoms with Crippen molar-refractivity contribution in [1.29, 1.82) is 0 Å². The molecule has 3 aromatic rings. The number of carbonyl (C=O) groups excluding carboxylic acids is 1. The van der Waals surface area contributed by atoms with Gasteiger partial charge in [-0.1, -0.05) is 23.4 Å². The first-order valence-corrected chi connectivity index (χ1v) is 6.33. The molecule has 3 rings (SSSR count). The highest BCUT2D eigenvalue weighted by atomic mass is 16.5. The first-order chi connectivity index (χ1) is 10.2. The highest BCUT2D eigenvalue weighted by Crippen LogP contribution is 2.15. The fourth-order valence-electron chi connectivity index (χ4n) is 2.06. The molecule has 0 saturated heterocycles. The van der Waals surface area contributed by atoms with Gasteiger partial charge in [0.1, 0.15) is 5.69 Å². The zero-order valence-electron chi connectivity index (χ0n) is 11.0. The van der Waals surface area contributed by atoms with Crippen molar-refractivity contribution in [3.05, 3.63) is 54.0 Å². The summed E-state index contributed by atoms with van der Waals surface area (Å²) in [5, 5.41) is 17.4. The van der Waals surface area contributed by atoms with Gasteiger partial charge in [0, 0.05) is 17.3 Å². The summed E-state index contributed by atoms with van der Waals surface area (Å²) < 4.78 is 1.67. The molecule has 0 aliphatic heterocycles. The van der Waals surface area contributed by atoms with Gasteiger partial charge < -0.3 is 4.98 Å². The van der Waals surface area contributed by atoms with E-state index in [1.807, 2.05) is 24.3 Å². The van der Waals surface area contributed by atoms with Gasteiger partial charge >= 0.3 is 0 Å². The van der Waals surface area contributed by atoms with Crippen molar-refractivity contribution in [2.45, 2.75) is 6.54 Å². The third kappa shape index (κ3) is 2.98. The van der Waals surface area contributed by atoms with Crippen molar-refractivity contribution < 1.29 is 10.0 Å². The maximum absolute atomic E-state index is 10.9. The summed E-state index contributed by atoms with van der Waals surface area (Å²) in [6.07, 6.45) is 4.37. The molecule has 106 valence electrons. The normalized spacial score (nSPS) is 11.3. The molecule has 0 spiro atoms. The van der Waals surface area contributed by atoms with Gasteiger partial charge in [-0.25, -0.2) is 10.2 Å². The van der Waals surface area contributed by atoms with Crippen molar-refractivity contribution in [3.8, 4) is 0 Å². The first kappa shape index (κ1) is 13.1. The van der Waals surface area contributed by atoms with E-state index in [1.54, 1.807) is 10.9 Å². The summed E-state index contributed by atoms with van der Waals surface area (Å²) in [4.78, 5) is 14.2. The lowest BCUT2D eigenvalue weighted by Gasteiger charge is -1.95. The molecule has 2 heterocycles. The Labute approximate surface area is 119 Å². The van der Waals surface area contributed by atoms with Gasteiger partial charge in [0.15, 0.2) is 0 Å². The van der Waals surface area contributed by atoms with Gasteiger partial charge in [-0.05, 0) is 23.6 Å². The van der Waals surface area contributed by atoms with Gasteiger partial charge in [-0.2, -0.15) is 0 Å². The lowest BCUT2D eigenvalue weighted by atomic mass is 10.2. The number of para-hydroxylation sites is 1. The van der Waals surface area contributed by atoms with Gasteiger partial charge in [-0.15, -0.1) is 5.10 Å². The molecule has 0 saturated carbocycles. The zero-order valence-corrected chi connectivity index (χ0v) is 11.0. The molecule has 1 aromatic carbocycles. The van der Waals surface area contributed by atoms with Gasteiger partial charge in [0.05, 0.1) is 12.7 Å². The van der Waals surface area contributed by atoms with Crippen LogP contribution in [0.1, 0.15) is 11.4 Å². The Morgan fingerprint density at radius 3 is 3.10 bits per heavy atom. The second-order valence-electron chi connectivity index (χ2n) is 4.53. The number of nitrogens with zero attached hydrogens (tertiary/aromatic N) is 3. The van der Waals surface area contributed by atoms with Crippen LogP contribution in [0.5, 0.6) is 0 Å². The standard InChI is InChI=1S/C14H13N5O2/c20-14(17-21)6-5-11-8-19(18-16-11)9-12-7-10-3-1-2-4-13(10)15-12/h1-8,15,21H,9H2,(H,17,20). The largest absolute Gasteiger partial charge is 0.357 e. The van der Waals surface area contributed by atoms with E-state index in [0.29, 0.717) is 12.2 Å². The quantitative estimate of drug-likeness (QED) is 0.382. The van der Waals surface area contributed by atoms with E-state index >= 15 is 0 Å². The van der Waals surface area contributed by atoms with E-state index in [-0.39, 0.29) is 0 Å². The SMILES string of the molecule is O=C(C=Cc1cn(Cc2cc3ccccc3[nH]2)nn1)NO. The van der Waals surface area contributed by atoms with Crippen LogP contribution in [0, 0.1) is 0 Å². The number of hydrogen-bond acceptors (Lipinski definition) is 4. The number of fused-ring (bicyclic) bond motifs is 1. The van der Waals surface area contributed by atoms with E-state index in [2.05, 4.69) is 21.4 Å². The number of H-pyrrole nitrogens is 1. The lowest BCUT2D eigenvalue weighted by molar-refractivity contribution is -0.124. The number of hydrogen-bond donors (Lipinski definition) is 3. The minimum Gasteiger partial charge on any atom is -0.357 e. The molecule has 7 heteroatoms. The number of hydroxylamine groups is 1. The molecule has 0 aliphatic rings. The third-order valence-electron chi connectivity index (χ3n) is 2.99. The van der Waals surface area contributed by atoms with E-state index in [9.17, 15) is 4.79 Å². The van der Waals surface area contributed by atoms with Crippen LogP contribution in [0.3, 0.4) is 0 Å². The number of rotatable bonds is 4. The summed E-state index contributed by atoms with van der Waals surface area (Å²) in [6, 6.07) is 10.1. The Balaban J connectivity index is 1.74. The summed E-state index contributed by atoms with van der Waals surface area (Å²) in [7, 11) is 0. The molecule has 0 aliphatic carbocycles. The first-order valence-electron chi connectivity index (χ1n) is 6.33. The smallest absolute Gasteiger partial charge is 0.267 e. The average Bonchev–Trinajstić information content (AvgIpc) is 3.10. The van der Waals surface area contributed by atoms with Crippen LogP contribution < -0.4 is 5.48 Å². The van der Waals surface area contributed by atoms with Crippen molar-refractivity contribution in [1.82, 2.24) is 25.5 Å². The number of amides is 1. The highest BCUT2D eigenvalue weighted by molar-refractivity contribution is 5.90. The van der Waals surface area contributed by atoms with Crippen molar-refractivity contribution >= 4 is 22.9 Å². The second kappa shape index (κ2) is 5.59.